The molecule has 0 aliphatic rings. The molecular formula is C70H84BrClN18O9Sn. The van der Waals surface area contributed by atoms with E-state index in [0.717, 1.165) is 27.9 Å². The fourth-order valence-corrected chi connectivity index (χ4v) is 25.1. The molecular weight excluding hydrogens is 1470 g/mol. The van der Waals surface area contributed by atoms with Gasteiger partial charge in [0.15, 0.2) is 33.7 Å². The predicted molar refractivity (Wildman–Crippen MR) is 387 cm³/mol. The second-order valence-corrected chi connectivity index (χ2v) is 35.7. The van der Waals surface area contributed by atoms with Gasteiger partial charge in [0.1, 0.15) is 27.4 Å². The topological polar surface area (TPSA) is 351 Å². The van der Waals surface area contributed by atoms with Crippen molar-refractivity contribution in [1.29, 1.82) is 0 Å². The SMILES string of the molecule is C.CCC[CH2][Sn]([CH2]CCC)([CH2]CCC)[c]1cnccn1.COC(=O)c1nc(-c2cncc(C)c2)cnc1-c1cnccn1.COC(=O)c1nc(Br)cnc1Cl.COc1ccc(CN)nc1OC.COc1ccc(CNC(=O)c2nc(-c3cncc(C)c3)cnc2-c2cnccn2)nc1OC. The summed E-state index contributed by atoms with van der Waals surface area (Å²) in [6, 6.07) is 10.9. The van der Waals surface area contributed by atoms with E-state index < -0.39 is 36.2 Å². The molecule has 0 saturated carbocycles. The van der Waals surface area contributed by atoms with Crippen molar-refractivity contribution in [1.82, 2.24) is 85.1 Å². The van der Waals surface area contributed by atoms with E-state index in [2.05, 4.69) is 128 Å². The zero-order valence-electron chi connectivity index (χ0n) is 57.1. The number of amides is 1. The number of nitrogens with one attached hydrogen (secondary N) is 1. The average molecular weight is 1560 g/mol. The summed E-state index contributed by atoms with van der Waals surface area (Å²) >= 11 is 6.36. The van der Waals surface area contributed by atoms with Crippen LogP contribution in [0.15, 0.2) is 140 Å². The van der Waals surface area contributed by atoms with Gasteiger partial charge in [0.05, 0.1) is 103 Å². The molecule has 0 atom stereocenters. The summed E-state index contributed by atoms with van der Waals surface area (Å²) in [6.07, 6.45) is 34.5. The van der Waals surface area contributed by atoms with Gasteiger partial charge >= 0.3 is 135 Å². The molecule has 0 aliphatic carbocycles. The molecule has 1 amide bonds. The first-order valence-electron chi connectivity index (χ1n) is 31.4. The maximum absolute atomic E-state index is 13.2. The molecule has 10 aromatic rings. The Morgan fingerprint density at radius 1 is 0.500 bits per heavy atom. The molecule has 0 bridgehead atoms. The van der Waals surface area contributed by atoms with Crippen LogP contribution in [0.1, 0.15) is 121 Å². The number of unbranched alkanes of at least 4 members (excludes halogenated alkanes) is 3. The molecule has 0 aromatic carbocycles. The van der Waals surface area contributed by atoms with E-state index in [1.54, 1.807) is 88.1 Å². The molecule has 0 saturated heterocycles. The van der Waals surface area contributed by atoms with Gasteiger partial charge in [-0.25, -0.2) is 49.5 Å². The van der Waals surface area contributed by atoms with Gasteiger partial charge in [-0.1, -0.05) is 19.0 Å². The Hall–Kier alpha value is -9.78. The Kier molecular flexibility index (Phi) is 34.7. The van der Waals surface area contributed by atoms with Crippen molar-refractivity contribution in [3.63, 3.8) is 0 Å². The number of hydrogen-bond donors (Lipinski definition) is 2. The number of halogens is 2. The van der Waals surface area contributed by atoms with Gasteiger partial charge in [0.2, 0.25) is 0 Å². The first-order valence-corrected chi connectivity index (χ1v) is 40.0. The van der Waals surface area contributed by atoms with Crippen LogP contribution in [0.2, 0.25) is 18.5 Å². The van der Waals surface area contributed by atoms with Gasteiger partial charge in [-0.15, -0.1) is 0 Å². The number of carbonyl (C=O) groups excluding carboxylic acids is 3. The van der Waals surface area contributed by atoms with Crippen molar-refractivity contribution in [3.8, 4) is 68.5 Å². The Labute approximate surface area is 600 Å². The fourth-order valence-electron chi connectivity index (χ4n) is 9.52. The zero-order valence-corrected chi connectivity index (χ0v) is 62.3. The molecule has 526 valence electrons. The van der Waals surface area contributed by atoms with E-state index in [-0.39, 0.29) is 36.2 Å². The average Bonchev–Trinajstić information content (AvgIpc) is 0.810. The number of nitrogens with zero attached hydrogens (tertiary/aromatic N) is 16. The Balaban J connectivity index is 0.000000237. The van der Waals surface area contributed by atoms with Gasteiger partial charge in [0.25, 0.3) is 17.7 Å². The molecule has 0 spiro atoms. The molecule has 0 aliphatic heterocycles. The molecule has 3 N–H and O–H groups in total. The Morgan fingerprint density at radius 2 is 0.970 bits per heavy atom. The van der Waals surface area contributed by atoms with Gasteiger partial charge in [-0.2, -0.15) is 0 Å². The van der Waals surface area contributed by atoms with Crippen LogP contribution in [0.5, 0.6) is 23.3 Å². The number of ether oxygens (including phenoxy) is 6. The van der Waals surface area contributed by atoms with Crippen molar-refractivity contribution in [2.75, 3.05) is 42.7 Å². The second-order valence-electron chi connectivity index (χ2n) is 21.5. The van der Waals surface area contributed by atoms with Crippen molar-refractivity contribution >= 4 is 67.5 Å². The molecule has 27 nitrogen and oxygen atoms in total. The first-order chi connectivity index (χ1) is 48.0. The summed E-state index contributed by atoms with van der Waals surface area (Å²) in [5.74, 6) is 0.313. The fraction of sp³-hybridized carbons (Fsp3) is 0.329. The second kappa shape index (κ2) is 42.9. The molecule has 10 heterocycles. The molecule has 0 unspecified atom stereocenters. The van der Waals surface area contributed by atoms with Crippen LogP contribution in [-0.4, -0.2) is 159 Å². The molecule has 100 heavy (non-hydrogen) atoms. The summed E-state index contributed by atoms with van der Waals surface area (Å²) in [5.41, 5.74) is 13.1. The van der Waals surface area contributed by atoms with Crippen molar-refractivity contribution in [3.05, 3.63) is 185 Å². The molecule has 10 rings (SSSR count). The molecule has 0 fully saturated rings. The van der Waals surface area contributed by atoms with E-state index in [1.165, 1.54) is 115 Å². The number of pyridine rings is 4. The summed E-state index contributed by atoms with van der Waals surface area (Å²) in [5, 5.41) is 2.87. The first kappa shape index (κ1) is 80.9. The van der Waals surface area contributed by atoms with Crippen LogP contribution in [0.4, 0.5) is 0 Å². The largest absolute Gasteiger partial charge is 0.491 e. The number of rotatable bonds is 24. The maximum Gasteiger partial charge on any atom is 0.359 e. The molecule has 10 aromatic heterocycles. The predicted octanol–water partition coefficient (Wildman–Crippen LogP) is 12.1. The zero-order chi connectivity index (χ0) is 71.5. The van der Waals surface area contributed by atoms with Crippen LogP contribution >= 0.6 is 27.5 Å². The minimum Gasteiger partial charge on any atom is -0.491 e. The minimum atomic E-state index is -2.27. The number of nitrogens with two attached hydrogens (primary N) is 1. The number of esters is 2. The Morgan fingerprint density at radius 3 is 1.41 bits per heavy atom. The third-order valence-corrected chi connectivity index (χ3v) is 30.3. The monoisotopic (exact) mass is 1550 g/mol. The van der Waals surface area contributed by atoms with E-state index >= 15 is 0 Å². The van der Waals surface area contributed by atoms with Gasteiger partial charge in [-0.05, 0) is 77.3 Å². The van der Waals surface area contributed by atoms with Crippen LogP contribution < -0.4 is 33.7 Å². The summed E-state index contributed by atoms with van der Waals surface area (Å²) in [6.45, 7) is 11.4. The molecule has 0 radical (unpaired) electrons. The van der Waals surface area contributed by atoms with E-state index in [0.29, 0.717) is 74.3 Å². The Bertz CT molecular complexity index is 4160. The van der Waals surface area contributed by atoms with Crippen LogP contribution in [-0.2, 0) is 22.6 Å². The van der Waals surface area contributed by atoms with Crippen LogP contribution in [0, 0.1) is 13.8 Å². The maximum atomic E-state index is 13.2. The minimum absolute atomic E-state index is 0. The summed E-state index contributed by atoms with van der Waals surface area (Å²) in [7, 11) is 8.70. The van der Waals surface area contributed by atoms with Crippen molar-refractivity contribution in [2.45, 2.75) is 107 Å². The summed E-state index contributed by atoms with van der Waals surface area (Å²) < 4.78 is 36.0. The third kappa shape index (κ3) is 24.0. The number of methoxy groups -OCH3 is 6. The smallest absolute Gasteiger partial charge is 0.359 e. The van der Waals surface area contributed by atoms with Gasteiger partial charge in [0, 0.05) is 67.2 Å². The normalized spacial score (nSPS) is 10.4. The quantitative estimate of drug-likeness (QED) is 0.0419. The van der Waals surface area contributed by atoms with Crippen molar-refractivity contribution in [2.24, 2.45) is 5.73 Å². The standard InChI is InChI=1S/C23H21N7O3.C16H13N5O2.C8H12N2O2.C6H4BrClN2O2.C4H3N2.3C4H9.CH4.Sn/c1-14-8-15(10-25-9-14)17-13-27-20(18-12-24-6-7-26-18)21(30-17)22(31)28-11-16-4-5-19(32-2)23(29-16)33-3;1-10-5-11(7-18-6-10)12-9-20-14(13-8-17-3-4-19-13)15(21-12)16(22)23-2;1-11-7-4-3-6(5-9)10-8(7)12-2;1-12-6(11)4-5(8)9-2-3(7)10-4;1-2-6-4-3-5-1;3*1-3-4-2;;/h4-10,12-13H,11H2,1-3H3,(H,28,31);3-9H,1-2H3;3-4H,5,9H2,1-2H3;2H,1H3;1-3H;3*1,3-4H2,2H3;1H4;. The number of aromatic nitrogens is 16. The van der Waals surface area contributed by atoms with Gasteiger partial charge < -0.3 is 39.5 Å². The third-order valence-electron chi connectivity index (χ3n) is 14.5. The van der Waals surface area contributed by atoms with Gasteiger partial charge in [-0.3, -0.25) is 34.7 Å². The number of aryl methyl sites for hydroxylation is 2. The van der Waals surface area contributed by atoms with Crippen LogP contribution in [0.25, 0.3) is 45.3 Å². The van der Waals surface area contributed by atoms with Crippen molar-refractivity contribution < 1.29 is 42.8 Å². The molecule has 30 heteroatoms. The summed E-state index contributed by atoms with van der Waals surface area (Å²) in [4.78, 5) is 104. The van der Waals surface area contributed by atoms with E-state index in [1.807, 2.05) is 38.4 Å². The number of hydrogen-bond acceptors (Lipinski definition) is 26. The van der Waals surface area contributed by atoms with E-state index in [9.17, 15) is 14.4 Å². The van der Waals surface area contributed by atoms with E-state index in [4.69, 9.17) is 46.0 Å². The van der Waals surface area contributed by atoms with Crippen LogP contribution in [0.3, 0.4) is 0 Å². The number of carbonyl (C=O) groups is 3.